The number of amides is 1. The molecule has 1 aliphatic heterocycles. The number of nitrogens with zero attached hydrogens (tertiary/aromatic N) is 1. The van der Waals surface area contributed by atoms with Crippen LogP contribution in [-0.2, 0) is 9.59 Å². The Morgan fingerprint density at radius 3 is 2.00 bits per heavy atom. The molecule has 1 fully saturated rings. The van der Waals surface area contributed by atoms with Gasteiger partial charge in [0.1, 0.15) is 22.8 Å². The molecular formula is C30H31NO7. The van der Waals surface area contributed by atoms with E-state index in [2.05, 4.69) is 0 Å². The van der Waals surface area contributed by atoms with Crippen molar-refractivity contribution in [2.75, 3.05) is 32.8 Å². The SMILES string of the molecule is CCOc1cc(C2/C(=C(\O)c3c(OC)cccc3OC)C(=O)C(=O)N2c2cc(C)cc(C)c2)ccc1OC. The summed E-state index contributed by atoms with van der Waals surface area (Å²) in [6.07, 6.45) is 0. The number of ketones is 1. The van der Waals surface area contributed by atoms with Crippen LogP contribution in [0.5, 0.6) is 23.0 Å². The van der Waals surface area contributed by atoms with E-state index in [1.807, 2.05) is 39.0 Å². The second-order valence-corrected chi connectivity index (χ2v) is 8.90. The van der Waals surface area contributed by atoms with E-state index in [4.69, 9.17) is 18.9 Å². The van der Waals surface area contributed by atoms with Crippen LogP contribution in [0.2, 0.25) is 0 Å². The van der Waals surface area contributed by atoms with Crippen LogP contribution in [0, 0.1) is 13.8 Å². The summed E-state index contributed by atoms with van der Waals surface area (Å²) in [4.78, 5) is 28.7. The lowest BCUT2D eigenvalue weighted by Crippen LogP contribution is -2.29. The maximum absolute atomic E-state index is 13.6. The second kappa shape index (κ2) is 10.9. The normalized spacial score (nSPS) is 16.5. The highest BCUT2D eigenvalue weighted by molar-refractivity contribution is 6.51. The number of aryl methyl sites for hydroxylation is 2. The average molecular weight is 518 g/mol. The molecule has 8 nitrogen and oxygen atoms in total. The molecule has 4 rings (SSSR count). The number of ether oxygens (including phenoxy) is 4. The fraction of sp³-hybridized carbons (Fsp3) is 0.267. The van der Waals surface area contributed by atoms with E-state index in [-0.39, 0.29) is 11.1 Å². The molecule has 0 spiro atoms. The van der Waals surface area contributed by atoms with E-state index < -0.39 is 23.5 Å². The number of methoxy groups -OCH3 is 3. The Morgan fingerprint density at radius 2 is 1.45 bits per heavy atom. The molecule has 0 saturated carbocycles. The lowest BCUT2D eigenvalue weighted by molar-refractivity contribution is -0.132. The molecule has 1 heterocycles. The summed E-state index contributed by atoms with van der Waals surface area (Å²) in [6, 6.07) is 14.9. The fourth-order valence-electron chi connectivity index (χ4n) is 4.85. The van der Waals surface area contributed by atoms with Crippen LogP contribution in [0.25, 0.3) is 5.76 Å². The molecule has 1 N–H and O–H groups in total. The third kappa shape index (κ3) is 4.65. The fourth-order valence-corrected chi connectivity index (χ4v) is 4.85. The molecular weight excluding hydrogens is 486 g/mol. The minimum absolute atomic E-state index is 0.0930. The van der Waals surface area contributed by atoms with Crippen molar-refractivity contribution in [3.63, 3.8) is 0 Å². The van der Waals surface area contributed by atoms with Crippen LogP contribution in [-0.4, -0.2) is 44.7 Å². The van der Waals surface area contributed by atoms with Gasteiger partial charge in [0, 0.05) is 5.69 Å². The van der Waals surface area contributed by atoms with Crippen LogP contribution in [0.1, 0.15) is 35.2 Å². The van der Waals surface area contributed by atoms with E-state index >= 15 is 0 Å². The lowest BCUT2D eigenvalue weighted by Gasteiger charge is -2.27. The van der Waals surface area contributed by atoms with Crippen molar-refractivity contribution in [1.29, 1.82) is 0 Å². The predicted octanol–water partition coefficient (Wildman–Crippen LogP) is 5.35. The molecule has 1 aliphatic rings. The Balaban J connectivity index is 2.05. The van der Waals surface area contributed by atoms with Crippen molar-refractivity contribution in [2.24, 2.45) is 0 Å². The molecule has 0 radical (unpaired) electrons. The summed E-state index contributed by atoms with van der Waals surface area (Å²) in [7, 11) is 4.44. The van der Waals surface area contributed by atoms with Gasteiger partial charge in [-0.3, -0.25) is 14.5 Å². The molecule has 0 aromatic heterocycles. The highest BCUT2D eigenvalue weighted by Crippen LogP contribution is 2.46. The number of carbonyl (C=O) groups is 2. The van der Waals surface area contributed by atoms with Gasteiger partial charge in [-0.15, -0.1) is 0 Å². The maximum Gasteiger partial charge on any atom is 0.300 e. The first-order valence-corrected chi connectivity index (χ1v) is 12.2. The summed E-state index contributed by atoms with van der Waals surface area (Å²) >= 11 is 0. The largest absolute Gasteiger partial charge is 0.506 e. The van der Waals surface area contributed by atoms with E-state index in [9.17, 15) is 14.7 Å². The molecule has 1 unspecified atom stereocenters. The Labute approximate surface area is 222 Å². The highest BCUT2D eigenvalue weighted by Gasteiger charge is 2.48. The molecule has 198 valence electrons. The number of Topliss-reactive ketones (excluding diaryl/α,β-unsaturated/α-hetero) is 1. The van der Waals surface area contributed by atoms with E-state index in [0.29, 0.717) is 40.9 Å². The van der Waals surface area contributed by atoms with Crippen LogP contribution >= 0.6 is 0 Å². The molecule has 1 atom stereocenters. The first kappa shape index (κ1) is 26.6. The minimum atomic E-state index is -0.962. The lowest BCUT2D eigenvalue weighted by atomic mass is 9.94. The highest BCUT2D eigenvalue weighted by atomic mass is 16.5. The van der Waals surface area contributed by atoms with Crippen LogP contribution in [0.3, 0.4) is 0 Å². The Kier molecular flexibility index (Phi) is 7.62. The number of carbonyl (C=O) groups excluding carboxylic acids is 2. The Morgan fingerprint density at radius 1 is 0.842 bits per heavy atom. The number of aliphatic hydroxyl groups is 1. The zero-order chi connectivity index (χ0) is 27.6. The topological polar surface area (TPSA) is 94.5 Å². The number of benzene rings is 3. The first-order valence-electron chi connectivity index (χ1n) is 12.2. The number of aliphatic hydroxyl groups excluding tert-OH is 1. The zero-order valence-corrected chi connectivity index (χ0v) is 22.3. The maximum atomic E-state index is 13.6. The standard InChI is InChI=1S/C30H31NO7/c1-7-38-24-16-19(11-12-21(24)35-4)27-26(28(32)25-22(36-5)9-8-10-23(25)37-6)29(33)30(34)31(27)20-14-17(2)13-18(3)15-20/h8-16,27,32H,7H2,1-6H3/b28-26+. The number of rotatable bonds is 8. The van der Waals surface area contributed by atoms with Crippen molar-refractivity contribution < 1.29 is 33.6 Å². The van der Waals surface area contributed by atoms with Crippen LogP contribution in [0.4, 0.5) is 5.69 Å². The third-order valence-electron chi connectivity index (χ3n) is 6.40. The summed E-state index contributed by atoms with van der Waals surface area (Å²) in [5.41, 5.74) is 3.04. The van der Waals surface area contributed by atoms with Crippen molar-refractivity contribution in [1.82, 2.24) is 0 Å². The van der Waals surface area contributed by atoms with E-state index in [1.165, 1.54) is 26.2 Å². The Hall–Kier alpha value is -4.46. The van der Waals surface area contributed by atoms with Gasteiger partial charge in [-0.2, -0.15) is 0 Å². The van der Waals surface area contributed by atoms with Gasteiger partial charge in [-0.05, 0) is 73.9 Å². The third-order valence-corrected chi connectivity index (χ3v) is 6.40. The van der Waals surface area contributed by atoms with Gasteiger partial charge < -0.3 is 24.1 Å². The monoisotopic (exact) mass is 517 g/mol. The van der Waals surface area contributed by atoms with Crippen molar-refractivity contribution in [3.8, 4) is 23.0 Å². The molecule has 8 heteroatoms. The van der Waals surface area contributed by atoms with Crippen LogP contribution < -0.4 is 23.8 Å². The second-order valence-electron chi connectivity index (χ2n) is 8.90. The summed E-state index contributed by atoms with van der Waals surface area (Å²) in [6.45, 7) is 6.07. The Bertz CT molecular complexity index is 1380. The summed E-state index contributed by atoms with van der Waals surface area (Å²) in [5, 5.41) is 11.7. The van der Waals surface area contributed by atoms with Gasteiger partial charge in [0.05, 0.1) is 39.6 Å². The van der Waals surface area contributed by atoms with Gasteiger partial charge in [0.25, 0.3) is 11.7 Å². The predicted molar refractivity (Wildman–Crippen MR) is 144 cm³/mol. The number of hydrogen-bond acceptors (Lipinski definition) is 7. The van der Waals surface area contributed by atoms with Crippen molar-refractivity contribution in [3.05, 3.63) is 82.4 Å². The van der Waals surface area contributed by atoms with Gasteiger partial charge in [-0.1, -0.05) is 18.2 Å². The number of hydrogen-bond donors (Lipinski definition) is 1. The summed E-state index contributed by atoms with van der Waals surface area (Å²) in [5.74, 6) is -0.439. The van der Waals surface area contributed by atoms with Crippen molar-refractivity contribution >= 4 is 23.1 Å². The average Bonchev–Trinajstić information content (AvgIpc) is 3.17. The van der Waals surface area contributed by atoms with Crippen molar-refractivity contribution in [2.45, 2.75) is 26.8 Å². The minimum Gasteiger partial charge on any atom is -0.506 e. The zero-order valence-electron chi connectivity index (χ0n) is 22.3. The quantitative estimate of drug-likeness (QED) is 0.244. The molecule has 3 aromatic rings. The smallest absolute Gasteiger partial charge is 0.300 e. The van der Waals surface area contributed by atoms with Crippen LogP contribution in [0.15, 0.2) is 60.2 Å². The van der Waals surface area contributed by atoms with E-state index in [0.717, 1.165) is 11.1 Å². The molecule has 0 bridgehead atoms. The van der Waals surface area contributed by atoms with E-state index in [1.54, 1.807) is 36.4 Å². The molecule has 1 saturated heterocycles. The summed E-state index contributed by atoms with van der Waals surface area (Å²) < 4.78 is 22.2. The first-order chi connectivity index (χ1) is 18.2. The van der Waals surface area contributed by atoms with Gasteiger partial charge >= 0.3 is 0 Å². The molecule has 38 heavy (non-hydrogen) atoms. The molecule has 0 aliphatic carbocycles. The number of anilines is 1. The molecule has 3 aromatic carbocycles. The van der Waals surface area contributed by atoms with Gasteiger partial charge in [0.2, 0.25) is 0 Å². The van der Waals surface area contributed by atoms with Gasteiger partial charge in [-0.25, -0.2) is 0 Å². The van der Waals surface area contributed by atoms with Gasteiger partial charge in [0.15, 0.2) is 11.5 Å². The molecule has 1 amide bonds.